The van der Waals surface area contributed by atoms with Gasteiger partial charge in [0.25, 0.3) is 0 Å². The third-order valence-electron chi connectivity index (χ3n) is 4.23. The molecule has 0 unspecified atom stereocenters. The molecule has 0 fully saturated rings. The van der Waals surface area contributed by atoms with Gasteiger partial charge >= 0.3 is 0 Å². The molecule has 3 rings (SSSR count). The third kappa shape index (κ3) is 3.34. The van der Waals surface area contributed by atoms with Crippen LogP contribution in [-0.2, 0) is 4.79 Å². The number of para-hydroxylation sites is 1. The fraction of sp³-hybridized carbons (Fsp3) is 0.333. The molecule has 2 heterocycles. The Bertz CT molecular complexity index is 780. The molecule has 2 aromatic heterocycles. The van der Waals surface area contributed by atoms with Gasteiger partial charge in [0, 0.05) is 24.0 Å². The van der Waals surface area contributed by atoms with Crippen LogP contribution in [0.5, 0.6) is 0 Å². The molecule has 126 valence electrons. The van der Waals surface area contributed by atoms with Gasteiger partial charge in [-0.25, -0.2) is 4.98 Å². The Hall–Kier alpha value is -2.18. The summed E-state index contributed by atoms with van der Waals surface area (Å²) in [4.78, 5) is 20.4. The largest absolute Gasteiger partial charge is 0.459 e. The molecule has 0 N–H and O–H groups in total. The summed E-state index contributed by atoms with van der Waals surface area (Å²) >= 11 is 1.46. The maximum absolute atomic E-state index is 12.5. The minimum absolute atomic E-state index is 0.0229. The van der Waals surface area contributed by atoms with E-state index in [1.54, 1.807) is 18.1 Å². The van der Waals surface area contributed by atoms with Gasteiger partial charge < -0.3 is 4.42 Å². The SMILES string of the molecule is CCN(CC(=O)N(C)c1nccs1)[C@@H](C)c1cc2ccccc2o1. The molecule has 0 radical (unpaired) electrons. The number of carbonyl (C=O) groups is 1. The number of benzene rings is 1. The number of carbonyl (C=O) groups excluding carboxylic acids is 1. The van der Waals surface area contributed by atoms with Crippen molar-refractivity contribution in [2.75, 3.05) is 25.0 Å². The van der Waals surface area contributed by atoms with Crippen molar-refractivity contribution in [2.45, 2.75) is 19.9 Å². The second kappa shape index (κ2) is 7.15. The van der Waals surface area contributed by atoms with Crippen LogP contribution in [0.25, 0.3) is 11.0 Å². The lowest BCUT2D eigenvalue weighted by Gasteiger charge is -2.27. The van der Waals surface area contributed by atoms with Crippen LogP contribution < -0.4 is 4.90 Å². The highest BCUT2D eigenvalue weighted by molar-refractivity contribution is 7.13. The number of fused-ring (bicyclic) bond motifs is 1. The lowest BCUT2D eigenvalue weighted by molar-refractivity contribution is -0.120. The van der Waals surface area contributed by atoms with E-state index in [1.807, 2.05) is 29.6 Å². The van der Waals surface area contributed by atoms with Crippen molar-refractivity contribution in [3.63, 3.8) is 0 Å². The molecule has 1 aromatic carbocycles. The number of aromatic nitrogens is 1. The molecular formula is C18H21N3O2S. The minimum Gasteiger partial charge on any atom is -0.459 e. The molecule has 0 aliphatic carbocycles. The van der Waals surface area contributed by atoms with Gasteiger partial charge in [-0.1, -0.05) is 25.1 Å². The maximum atomic E-state index is 12.5. The maximum Gasteiger partial charge on any atom is 0.242 e. The second-order valence-corrected chi connectivity index (χ2v) is 6.57. The van der Waals surface area contributed by atoms with Gasteiger partial charge in [-0.05, 0) is 25.6 Å². The first-order valence-electron chi connectivity index (χ1n) is 7.98. The summed E-state index contributed by atoms with van der Waals surface area (Å²) in [6, 6.07) is 10.0. The molecule has 0 saturated carbocycles. The van der Waals surface area contributed by atoms with Crippen LogP contribution in [0.1, 0.15) is 25.6 Å². The second-order valence-electron chi connectivity index (χ2n) is 5.69. The summed E-state index contributed by atoms with van der Waals surface area (Å²) in [7, 11) is 1.76. The number of hydrogen-bond donors (Lipinski definition) is 0. The van der Waals surface area contributed by atoms with Crippen LogP contribution >= 0.6 is 11.3 Å². The van der Waals surface area contributed by atoms with Gasteiger partial charge in [0.15, 0.2) is 5.13 Å². The van der Waals surface area contributed by atoms with Gasteiger partial charge in [-0.3, -0.25) is 14.6 Å². The van der Waals surface area contributed by atoms with Gasteiger partial charge in [0.1, 0.15) is 11.3 Å². The average Bonchev–Trinajstić information content (AvgIpc) is 3.27. The van der Waals surface area contributed by atoms with Crippen molar-refractivity contribution in [1.29, 1.82) is 0 Å². The first-order valence-corrected chi connectivity index (χ1v) is 8.86. The molecule has 1 amide bonds. The zero-order chi connectivity index (χ0) is 17.1. The van der Waals surface area contributed by atoms with E-state index in [0.29, 0.717) is 11.7 Å². The number of amides is 1. The first-order chi connectivity index (χ1) is 11.6. The Labute approximate surface area is 145 Å². The molecule has 6 heteroatoms. The average molecular weight is 343 g/mol. The fourth-order valence-corrected chi connectivity index (χ4v) is 3.30. The number of hydrogen-bond acceptors (Lipinski definition) is 5. The third-order valence-corrected chi connectivity index (χ3v) is 5.08. The van der Waals surface area contributed by atoms with Crippen molar-refractivity contribution in [3.8, 4) is 0 Å². The molecule has 0 bridgehead atoms. The number of rotatable bonds is 6. The highest BCUT2D eigenvalue weighted by Gasteiger charge is 2.23. The molecule has 0 aliphatic heterocycles. The van der Waals surface area contributed by atoms with Crippen LogP contribution in [0.4, 0.5) is 5.13 Å². The summed E-state index contributed by atoms with van der Waals surface area (Å²) in [5.74, 6) is 0.900. The Morgan fingerprint density at radius 1 is 1.38 bits per heavy atom. The lowest BCUT2D eigenvalue weighted by Crippen LogP contribution is -2.39. The summed E-state index contributed by atoms with van der Waals surface area (Å²) < 4.78 is 5.95. The van der Waals surface area contributed by atoms with Crippen molar-refractivity contribution >= 4 is 33.3 Å². The van der Waals surface area contributed by atoms with Crippen LogP contribution in [0.15, 0.2) is 46.3 Å². The van der Waals surface area contributed by atoms with E-state index in [2.05, 4.69) is 29.8 Å². The Morgan fingerprint density at radius 3 is 2.83 bits per heavy atom. The summed E-state index contributed by atoms with van der Waals surface area (Å²) in [6.45, 7) is 5.20. The van der Waals surface area contributed by atoms with E-state index in [1.165, 1.54) is 11.3 Å². The molecule has 0 saturated heterocycles. The van der Waals surface area contributed by atoms with Crippen molar-refractivity contribution in [3.05, 3.63) is 47.7 Å². The highest BCUT2D eigenvalue weighted by Crippen LogP contribution is 2.27. The van der Waals surface area contributed by atoms with Crippen molar-refractivity contribution < 1.29 is 9.21 Å². The predicted molar refractivity (Wildman–Crippen MR) is 97.4 cm³/mol. The van der Waals surface area contributed by atoms with E-state index in [-0.39, 0.29) is 11.9 Å². The topological polar surface area (TPSA) is 49.6 Å². The molecule has 0 spiro atoms. The van der Waals surface area contributed by atoms with Crippen molar-refractivity contribution in [2.24, 2.45) is 0 Å². The van der Waals surface area contributed by atoms with E-state index in [0.717, 1.165) is 23.3 Å². The zero-order valence-electron chi connectivity index (χ0n) is 14.1. The van der Waals surface area contributed by atoms with E-state index < -0.39 is 0 Å². The number of thiazole rings is 1. The molecule has 3 aromatic rings. The monoisotopic (exact) mass is 343 g/mol. The number of nitrogens with zero attached hydrogens (tertiary/aromatic N) is 3. The Kier molecular flexibility index (Phi) is 4.97. The first kappa shape index (κ1) is 16.7. The molecule has 1 atom stereocenters. The quantitative estimate of drug-likeness (QED) is 0.680. The predicted octanol–water partition coefficient (Wildman–Crippen LogP) is 3.94. The smallest absolute Gasteiger partial charge is 0.242 e. The minimum atomic E-state index is 0.0229. The number of anilines is 1. The van der Waals surface area contributed by atoms with Crippen molar-refractivity contribution in [1.82, 2.24) is 9.88 Å². The van der Waals surface area contributed by atoms with Crippen LogP contribution in [-0.4, -0.2) is 35.9 Å². The highest BCUT2D eigenvalue weighted by atomic mass is 32.1. The van der Waals surface area contributed by atoms with Crippen LogP contribution in [0.3, 0.4) is 0 Å². The molecule has 24 heavy (non-hydrogen) atoms. The van der Waals surface area contributed by atoms with Gasteiger partial charge in [0.05, 0.1) is 12.6 Å². The summed E-state index contributed by atoms with van der Waals surface area (Å²) in [5.41, 5.74) is 0.877. The normalized spacial score (nSPS) is 12.7. The standard InChI is InChI=1S/C18H21N3O2S/c1-4-21(12-17(22)20(3)18-19-9-10-24-18)13(2)16-11-14-7-5-6-8-15(14)23-16/h5-11,13H,4,12H2,1-3H3/t13-/m0/s1. The molecular weight excluding hydrogens is 322 g/mol. The Morgan fingerprint density at radius 2 is 2.17 bits per heavy atom. The molecule has 0 aliphatic rings. The van der Waals surface area contributed by atoms with Gasteiger partial charge in [-0.2, -0.15) is 0 Å². The van der Waals surface area contributed by atoms with Gasteiger partial charge in [-0.15, -0.1) is 11.3 Å². The number of likely N-dealkylation sites (N-methyl/N-ethyl adjacent to an activating group) is 2. The zero-order valence-corrected chi connectivity index (χ0v) is 14.9. The Balaban J connectivity index is 1.74. The fourth-order valence-electron chi connectivity index (χ4n) is 2.68. The summed E-state index contributed by atoms with van der Waals surface area (Å²) in [5, 5.41) is 3.67. The van der Waals surface area contributed by atoms with E-state index >= 15 is 0 Å². The van der Waals surface area contributed by atoms with Gasteiger partial charge in [0.2, 0.25) is 5.91 Å². The molecule has 5 nitrogen and oxygen atoms in total. The van der Waals surface area contributed by atoms with E-state index in [9.17, 15) is 4.79 Å². The van der Waals surface area contributed by atoms with E-state index in [4.69, 9.17) is 4.42 Å². The van der Waals surface area contributed by atoms with Crippen LogP contribution in [0, 0.1) is 0 Å². The lowest BCUT2D eigenvalue weighted by atomic mass is 10.2. The van der Waals surface area contributed by atoms with Crippen LogP contribution in [0.2, 0.25) is 0 Å². The number of furan rings is 1. The summed E-state index contributed by atoms with van der Waals surface area (Å²) in [6.07, 6.45) is 1.71.